The van der Waals surface area contributed by atoms with Gasteiger partial charge in [0.25, 0.3) is 0 Å². The van der Waals surface area contributed by atoms with Crippen molar-refractivity contribution in [1.29, 1.82) is 0 Å². The molecule has 0 fully saturated rings. The highest BCUT2D eigenvalue weighted by Gasteiger charge is 2.27. The maximum absolute atomic E-state index is 12.4. The van der Waals surface area contributed by atoms with Crippen LogP contribution in [0.5, 0.6) is 5.75 Å². The zero-order valence-corrected chi connectivity index (χ0v) is 15.6. The average Bonchev–Trinajstić information content (AvgIpc) is 2.93. The van der Waals surface area contributed by atoms with E-state index in [0.29, 0.717) is 31.3 Å². The fraction of sp³-hybridized carbons (Fsp3) is 0.300. The largest absolute Gasteiger partial charge is 0.491 e. The van der Waals surface area contributed by atoms with Gasteiger partial charge in [-0.3, -0.25) is 0 Å². The normalized spacial score (nSPS) is 13.4. The molecule has 0 spiro atoms. The molecule has 0 bridgehead atoms. The fourth-order valence-corrected chi connectivity index (χ4v) is 2.45. The van der Waals surface area contributed by atoms with Gasteiger partial charge in [-0.15, -0.1) is 0 Å². The molecule has 1 aromatic rings. The molecule has 1 aliphatic heterocycles. The van der Waals surface area contributed by atoms with Gasteiger partial charge in [-0.25, -0.2) is 9.59 Å². The van der Waals surface area contributed by atoms with Crippen molar-refractivity contribution < 1.29 is 28.5 Å². The molecule has 2 rings (SSSR count). The minimum absolute atomic E-state index is 0.0563. The second kappa shape index (κ2) is 10.2. The minimum Gasteiger partial charge on any atom is -0.491 e. The van der Waals surface area contributed by atoms with Crippen LogP contribution >= 0.6 is 0 Å². The highest BCUT2D eigenvalue weighted by atomic mass is 16.5. The van der Waals surface area contributed by atoms with E-state index in [1.165, 1.54) is 20.3 Å². The number of carbonyl (C=O) groups is 2. The average molecular weight is 373 g/mol. The molecule has 1 aromatic carbocycles. The summed E-state index contributed by atoms with van der Waals surface area (Å²) in [5.74, 6) is -0.680. The maximum Gasteiger partial charge on any atom is 0.355 e. The van der Waals surface area contributed by atoms with Crippen molar-refractivity contribution >= 4 is 17.6 Å². The number of esters is 2. The van der Waals surface area contributed by atoms with Crippen LogP contribution in [0.4, 0.5) is 5.69 Å². The van der Waals surface area contributed by atoms with Crippen LogP contribution in [0.1, 0.15) is 6.92 Å². The lowest BCUT2D eigenvalue weighted by atomic mass is 10.1. The van der Waals surface area contributed by atoms with Crippen molar-refractivity contribution in [1.82, 2.24) is 0 Å². The molecule has 0 N–H and O–H groups in total. The van der Waals surface area contributed by atoms with E-state index in [1.807, 2.05) is 6.92 Å². The van der Waals surface area contributed by atoms with Crippen LogP contribution in [0.15, 0.2) is 60.0 Å². The van der Waals surface area contributed by atoms with Crippen LogP contribution in [0.2, 0.25) is 0 Å². The molecule has 0 atom stereocenters. The lowest BCUT2D eigenvalue weighted by Gasteiger charge is -2.23. The number of allylic oxidation sites excluding steroid dienone is 2. The van der Waals surface area contributed by atoms with Crippen molar-refractivity contribution in [2.24, 2.45) is 0 Å². The summed E-state index contributed by atoms with van der Waals surface area (Å²) in [6.45, 7) is 3.42. The Morgan fingerprint density at radius 1 is 1.04 bits per heavy atom. The fourth-order valence-electron chi connectivity index (χ4n) is 2.45. The van der Waals surface area contributed by atoms with E-state index >= 15 is 0 Å². The molecule has 144 valence electrons. The smallest absolute Gasteiger partial charge is 0.355 e. The van der Waals surface area contributed by atoms with E-state index in [2.05, 4.69) is 0 Å². The Hall–Kier alpha value is -3.06. The molecule has 27 heavy (non-hydrogen) atoms. The summed E-state index contributed by atoms with van der Waals surface area (Å²) in [6, 6.07) is 7.16. The molecular weight excluding hydrogens is 350 g/mol. The number of anilines is 1. The molecule has 0 amide bonds. The van der Waals surface area contributed by atoms with Crippen LogP contribution < -0.4 is 9.64 Å². The molecule has 0 radical (unpaired) electrons. The first-order chi connectivity index (χ1) is 13.1. The predicted molar refractivity (Wildman–Crippen MR) is 100 cm³/mol. The molecule has 0 unspecified atom stereocenters. The predicted octanol–water partition coefficient (Wildman–Crippen LogP) is 2.59. The van der Waals surface area contributed by atoms with Gasteiger partial charge in [-0.2, -0.15) is 0 Å². The minimum atomic E-state index is -0.658. The van der Waals surface area contributed by atoms with Gasteiger partial charge in [0.1, 0.15) is 18.1 Å². The molecule has 0 saturated carbocycles. The molecule has 1 heterocycles. The molecule has 1 aliphatic rings. The Labute approximate surface area is 158 Å². The topological polar surface area (TPSA) is 74.3 Å². The van der Waals surface area contributed by atoms with E-state index in [1.54, 1.807) is 47.5 Å². The van der Waals surface area contributed by atoms with Crippen LogP contribution in [0.25, 0.3) is 0 Å². The Morgan fingerprint density at radius 2 is 1.81 bits per heavy atom. The number of carbonyl (C=O) groups excluding carboxylic acids is 2. The first-order valence-corrected chi connectivity index (χ1v) is 8.48. The second-order valence-electron chi connectivity index (χ2n) is 5.36. The quantitative estimate of drug-likeness (QED) is 0.512. The van der Waals surface area contributed by atoms with Crippen molar-refractivity contribution in [3.05, 3.63) is 60.0 Å². The third-order valence-electron chi connectivity index (χ3n) is 3.69. The summed E-state index contributed by atoms with van der Waals surface area (Å²) in [7, 11) is 2.52. The van der Waals surface area contributed by atoms with Gasteiger partial charge in [-0.1, -0.05) is 12.1 Å². The first kappa shape index (κ1) is 20.3. The number of hydrogen-bond acceptors (Lipinski definition) is 7. The number of methoxy groups -OCH3 is 2. The number of benzene rings is 1. The molecule has 0 aromatic heterocycles. The number of hydrogen-bond donors (Lipinski definition) is 0. The van der Waals surface area contributed by atoms with Crippen LogP contribution in [-0.2, 0) is 23.8 Å². The lowest BCUT2D eigenvalue weighted by molar-refractivity contribution is -0.139. The van der Waals surface area contributed by atoms with Crippen LogP contribution in [-0.4, -0.2) is 46.0 Å². The van der Waals surface area contributed by atoms with Gasteiger partial charge in [0.15, 0.2) is 0 Å². The number of ether oxygens (including phenoxy) is 4. The highest BCUT2D eigenvalue weighted by molar-refractivity contribution is 6.05. The standard InChI is InChI=1S/C20H23NO6/c1-4-26-12-13-27-16-9-7-8-15(14-16)21-11-6-5-10-17(19(22)24-2)18(21)20(23)25-3/h5-11,14H,4,12-13H2,1-3H3. The third-order valence-corrected chi connectivity index (χ3v) is 3.69. The first-order valence-electron chi connectivity index (χ1n) is 8.48. The van der Waals surface area contributed by atoms with Gasteiger partial charge < -0.3 is 23.8 Å². The molecule has 7 nitrogen and oxygen atoms in total. The number of nitrogens with zero attached hydrogens (tertiary/aromatic N) is 1. The van der Waals surface area contributed by atoms with Crippen molar-refractivity contribution in [3.8, 4) is 5.75 Å². The molecule has 7 heteroatoms. The summed E-state index contributed by atoms with van der Waals surface area (Å²) in [5, 5.41) is 0. The molecule has 0 aliphatic carbocycles. The highest BCUT2D eigenvalue weighted by Crippen LogP contribution is 2.28. The SMILES string of the molecule is CCOCCOc1cccc(N2C=CC=CC(C(=O)OC)=C2C(=O)OC)c1. The summed E-state index contributed by atoms with van der Waals surface area (Å²) in [4.78, 5) is 26.1. The van der Waals surface area contributed by atoms with Gasteiger partial charge in [-0.05, 0) is 31.2 Å². The van der Waals surface area contributed by atoms with E-state index in [4.69, 9.17) is 18.9 Å². The Bertz CT molecular complexity index is 765. The molecular formula is C20H23NO6. The Morgan fingerprint density at radius 3 is 2.52 bits per heavy atom. The Balaban J connectivity index is 2.39. The van der Waals surface area contributed by atoms with Gasteiger partial charge in [0, 0.05) is 24.6 Å². The van der Waals surface area contributed by atoms with E-state index in [-0.39, 0.29) is 11.3 Å². The maximum atomic E-state index is 12.4. The summed E-state index contributed by atoms with van der Waals surface area (Å²) in [6.07, 6.45) is 6.54. The van der Waals surface area contributed by atoms with Crippen molar-refractivity contribution in [3.63, 3.8) is 0 Å². The lowest BCUT2D eigenvalue weighted by Crippen LogP contribution is -2.27. The monoisotopic (exact) mass is 373 g/mol. The van der Waals surface area contributed by atoms with Gasteiger partial charge in [0.05, 0.1) is 26.4 Å². The van der Waals surface area contributed by atoms with Crippen molar-refractivity contribution in [2.45, 2.75) is 6.92 Å². The molecule has 0 saturated heterocycles. The van der Waals surface area contributed by atoms with Gasteiger partial charge in [0.2, 0.25) is 0 Å². The zero-order chi connectivity index (χ0) is 19.6. The summed E-state index contributed by atoms with van der Waals surface area (Å²) >= 11 is 0. The summed E-state index contributed by atoms with van der Waals surface area (Å²) < 4.78 is 20.6. The van der Waals surface area contributed by atoms with E-state index in [0.717, 1.165) is 0 Å². The van der Waals surface area contributed by atoms with Crippen LogP contribution in [0, 0.1) is 0 Å². The zero-order valence-electron chi connectivity index (χ0n) is 15.6. The van der Waals surface area contributed by atoms with Crippen molar-refractivity contribution in [2.75, 3.05) is 38.9 Å². The third kappa shape index (κ3) is 5.21. The van der Waals surface area contributed by atoms with E-state index in [9.17, 15) is 9.59 Å². The second-order valence-corrected chi connectivity index (χ2v) is 5.36. The van der Waals surface area contributed by atoms with Crippen LogP contribution in [0.3, 0.4) is 0 Å². The van der Waals surface area contributed by atoms with Gasteiger partial charge >= 0.3 is 11.9 Å². The van der Waals surface area contributed by atoms with E-state index < -0.39 is 11.9 Å². The summed E-state index contributed by atoms with van der Waals surface area (Å²) in [5.41, 5.74) is 0.781. The number of rotatable bonds is 8. The Kier molecular flexibility index (Phi) is 7.63.